The Bertz CT molecular complexity index is 723. The number of phenols is 1. The fourth-order valence-electron chi connectivity index (χ4n) is 1.41. The van der Waals surface area contributed by atoms with Gasteiger partial charge < -0.3 is 10.8 Å². The third-order valence-electron chi connectivity index (χ3n) is 2.68. The van der Waals surface area contributed by atoms with Crippen molar-refractivity contribution in [3.63, 3.8) is 0 Å². The van der Waals surface area contributed by atoms with E-state index in [1.54, 1.807) is 31.4 Å². The molecule has 4 N–H and O–H groups in total. The van der Waals surface area contributed by atoms with E-state index in [4.69, 9.17) is 5.73 Å². The van der Waals surface area contributed by atoms with Crippen molar-refractivity contribution in [2.24, 2.45) is 0 Å². The van der Waals surface area contributed by atoms with Crippen LogP contribution < -0.4 is 10.5 Å². The number of aromatic hydroxyl groups is 1. The Balaban J connectivity index is 2.27. The number of sulfonamides is 1. The van der Waals surface area contributed by atoms with Gasteiger partial charge in [-0.2, -0.15) is 0 Å². The molecule has 0 amide bonds. The van der Waals surface area contributed by atoms with Crippen LogP contribution in [-0.4, -0.2) is 23.8 Å². The summed E-state index contributed by atoms with van der Waals surface area (Å²) in [7, 11) is -3.40. The van der Waals surface area contributed by atoms with E-state index in [2.05, 4.69) is 9.71 Å². The van der Waals surface area contributed by atoms with Gasteiger partial charge in [0.25, 0.3) is 0 Å². The zero-order chi connectivity index (χ0) is 14.9. The maximum atomic E-state index is 11.7. The van der Waals surface area contributed by atoms with Gasteiger partial charge in [0, 0.05) is 10.9 Å². The SMILES string of the molecule is CC(C)S(=O)(=O)Nc1nc(-c2ccc(O)c(N)c2)cs1. The van der Waals surface area contributed by atoms with E-state index in [0.29, 0.717) is 16.4 Å². The molecular formula is C12H15N3O3S2. The number of nitrogens with two attached hydrogens (primary N) is 1. The summed E-state index contributed by atoms with van der Waals surface area (Å²) >= 11 is 1.19. The summed E-state index contributed by atoms with van der Waals surface area (Å²) in [4.78, 5) is 4.21. The molecule has 0 spiro atoms. The highest BCUT2D eigenvalue weighted by molar-refractivity contribution is 7.93. The van der Waals surface area contributed by atoms with Gasteiger partial charge in [-0.25, -0.2) is 13.4 Å². The molecule has 2 aromatic rings. The molecule has 0 atom stereocenters. The number of benzene rings is 1. The van der Waals surface area contributed by atoms with Crippen LogP contribution in [-0.2, 0) is 10.0 Å². The number of thiazole rings is 1. The average Bonchev–Trinajstić information content (AvgIpc) is 2.80. The van der Waals surface area contributed by atoms with Gasteiger partial charge in [0.1, 0.15) is 5.75 Å². The van der Waals surface area contributed by atoms with Crippen molar-refractivity contribution in [2.45, 2.75) is 19.1 Å². The third kappa shape index (κ3) is 3.02. The minimum Gasteiger partial charge on any atom is -0.506 e. The lowest BCUT2D eigenvalue weighted by Gasteiger charge is -2.07. The number of nitrogens with one attached hydrogen (secondary N) is 1. The van der Waals surface area contributed by atoms with Crippen LogP contribution in [0.1, 0.15) is 13.8 Å². The quantitative estimate of drug-likeness (QED) is 0.593. The molecule has 0 aliphatic rings. The number of nitrogen functional groups attached to an aromatic ring is 1. The summed E-state index contributed by atoms with van der Waals surface area (Å²) in [5, 5.41) is 10.9. The third-order valence-corrected chi connectivity index (χ3v) is 5.28. The van der Waals surface area contributed by atoms with Crippen molar-refractivity contribution in [3.05, 3.63) is 23.6 Å². The van der Waals surface area contributed by atoms with Crippen LogP contribution in [0.4, 0.5) is 10.8 Å². The van der Waals surface area contributed by atoms with Crippen LogP contribution in [0, 0.1) is 0 Å². The highest BCUT2D eigenvalue weighted by Gasteiger charge is 2.17. The second-order valence-electron chi connectivity index (χ2n) is 4.51. The highest BCUT2D eigenvalue weighted by Crippen LogP contribution is 2.30. The molecule has 0 saturated heterocycles. The first-order valence-corrected chi connectivity index (χ1v) is 8.28. The molecule has 1 aromatic carbocycles. The number of hydrogen-bond donors (Lipinski definition) is 3. The van der Waals surface area contributed by atoms with Crippen LogP contribution in [0.3, 0.4) is 0 Å². The second-order valence-corrected chi connectivity index (χ2v) is 7.60. The first kappa shape index (κ1) is 14.6. The Hall–Kier alpha value is -1.80. The molecule has 0 bridgehead atoms. The summed E-state index contributed by atoms with van der Waals surface area (Å²) in [6, 6.07) is 4.73. The molecule has 0 unspecified atom stereocenters. The Morgan fingerprint density at radius 2 is 2.10 bits per heavy atom. The van der Waals surface area contributed by atoms with Crippen LogP contribution in [0.15, 0.2) is 23.6 Å². The number of phenolic OH excluding ortho intramolecular Hbond substituents is 1. The standard InChI is InChI=1S/C12H15N3O3S2/c1-7(2)20(17,18)15-12-14-10(6-19-12)8-3-4-11(16)9(13)5-8/h3-7,16H,13H2,1-2H3,(H,14,15). The van der Waals surface area contributed by atoms with Gasteiger partial charge >= 0.3 is 0 Å². The van der Waals surface area contributed by atoms with Gasteiger partial charge in [0.05, 0.1) is 16.6 Å². The molecule has 8 heteroatoms. The van der Waals surface area contributed by atoms with Crippen LogP contribution in [0.5, 0.6) is 5.75 Å². The minimum absolute atomic E-state index is 0.00436. The van der Waals surface area contributed by atoms with Crippen molar-refractivity contribution in [1.82, 2.24) is 4.98 Å². The Kier molecular flexibility index (Phi) is 3.87. The lowest BCUT2D eigenvalue weighted by atomic mass is 10.1. The molecule has 2 rings (SSSR count). The highest BCUT2D eigenvalue weighted by atomic mass is 32.2. The van der Waals surface area contributed by atoms with Crippen LogP contribution >= 0.6 is 11.3 Å². The molecular weight excluding hydrogens is 298 g/mol. The topological polar surface area (TPSA) is 105 Å². The summed E-state index contributed by atoms with van der Waals surface area (Å²) in [6.07, 6.45) is 0. The molecule has 108 valence electrons. The Morgan fingerprint density at radius 3 is 2.70 bits per heavy atom. The summed E-state index contributed by atoms with van der Waals surface area (Å²) in [6.45, 7) is 3.19. The Morgan fingerprint density at radius 1 is 1.40 bits per heavy atom. The molecule has 0 fully saturated rings. The number of rotatable bonds is 4. The van der Waals surface area contributed by atoms with Crippen LogP contribution in [0.25, 0.3) is 11.3 Å². The van der Waals surface area contributed by atoms with Crippen molar-refractivity contribution in [2.75, 3.05) is 10.5 Å². The maximum absolute atomic E-state index is 11.7. The fraction of sp³-hybridized carbons (Fsp3) is 0.250. The van der Waals surface area contributed by atoms with Crippen molar-refractivity contribution >= 4 is 32.2 Å². The van der Waals surface area contributed by atoms with E-state index >= 15 is 0 Å². The molecule has 20 heavy (non-hydrogen) atoms. The zero-order valence-corrected chi connectivity index (χ0v) is 12.6. The van der Waals surface area contributed by atoms with Gasteiger partial charge in [0.2, 0.25) is 10.0 Å². The van der Waals surface area contributed by atoms with E-state index in [1.807, 2.05) is 0 Å². The summed E-state index contributed by atoms with van der Waals surface area (Å²) < 4.78 is 25.9. The lowest BCUT2D eigenvalue weighted by Crippen LogP contribution is -2.22. The predicted molar refractivity (Wildman–Crippen MR) is 81.3 cm³/mol. The Labute approximate surface area is 121 Å². The van der Waals surface area contributed by atoms with Crippen LogP contribution in [0.2, 0.25) is 0 Å². The van der Waals surface area contributed by atoms with E-state index in [1.165, 1.54) is 17.4 Å². The van der Waals surface area contributed by atoms with Gasteiger partial charge in [-0.3, -0.25) is 4.72 Å². The average molecular weight is 313 g/mol. The van der Waals surface area contributed by atoms with Crippen molar-refractivity contribution < 1.29 is 13.5 Å². The number of hydrogen-bond acceptors (Lipinski definition) is 6. The normalized spacial score (nSPS) is 11.8. The van der Waals surface area contributed by atoms with Gasteiger partial charge in [-0.15, -0.1) is 11.3 Å². The van der Waals surface area contributed by atoms with E-state index in [0.717, 1.165) is 0 Å². The number of nitrogens with zero attached hydrogens (tertiary/aromatic N) is 1. The summed E-state index contributed by atoms with van der Waals surface area (Å²) in [5.41, 5.74) is 7.18. The lowest BCUT2D eigenvalue weighted by molar-refractivity contribution is 0.478. The maximum Gasteiger partial charge on any atom is 0.236 e. The van der Waals surface area contributed by atoms with Gasteiger partial charge in [-0.1, -0.05) is 0 Å². The number of aromatic nitrogens is 1. The zero-order valence-electron chi connectivity index (χ0n) is 11.0. The van der Waals surface area contributed by atoms with Crippen molar-refractivity contribution in [3.8, 4) is 17.0 Å². The van der Waals surface area contributed by atoms with Gasteiger partial charge in [-0.05, 0) is 32.0 Å². The molecule has 0 saturated carbocycles. The molecule has 1 aromatic heterocycles. The monoisotopic (exact) mass is 313 g/mol. The molecule has 0 radical (unpaired) electrons. The first-order valence-electron chi connectivity index (χ1n) is 5.85. The molecule has 1 heterocycles. The second kappa shape index (κ2) is 5.29. The molecule has 0 aliphatic carbocycles. The largest absolute Gasteiger partial charge is 0.506 e. The van der Waals surface area contributed by atoms with E-state index in [-0.39, 0.29) is 11.4 Å². The first-order chi connectivity index (χ1) is 9.29. The fourth-order valence-corrected chi connectivity index (χ4v) is 3.04. The van der Waals surface area contributed by atoms with Gasteiger partial charge in [0.15, 0.2) is 5.13 Å². The van der Waals surface area contributed by atoms with E-state index in [9.17, 15) is 13.5 Å². The minimum atomic E-state index is -3.40. The smallest absolute Gasteiger partial charge is 0.236 e. The molecule has 0 aliphatic heterocycles. The number of anilines is 2. The molecule has 6 nitrogen and oxygen atoms in total. The summed E-state index contributed by atoms with van der Waals surface area (Å²) in [5.74, 6) is 0.00436. The van der Waals surface area contributed by atoms with E-state index < -0.39 is 15.3 Å². The predicted octanol–water partition coefficient (Wildman–Crippen LogP) is 2.25. The van der Waals surface area contributed by atoms with Crippen molar-refractivity contribution in [1.29, 1.82) is 0 Å².